The van der Waals surface area contributed by atoms with E-state index < -0.39 is 17.6 Å². The minimum atomic E-state index is -4.47. The van der Waals surface area contributed by atoms with Crippen LogP contribution in [0.3, 0.4) is 0 Å². The van der Waals surface area contributed by atoms with Crippen molar-refractivity contribution in [2.24, 2.45) is 5.92 Å². The maximum atomic E-state index is 12.7. The first kappa shape index (κ1) is 16.1. The highest BCUT2D eigenvalue weighted by molar-refractivity contribution is 7.21. The van der Waals surface area contributed by atoms with Crippen LogP contribution < -0.4 is 10.9 Å². The first-order valence-corrected chi connectivity index (χ1v) is 7.86. The predicted molar refractivity (Wildman–Crippen MR) is 80.2 cm³/mol. The topological polar surface area (TPSA) is 58.2 Å². The van der Waals surface area contributed by atoms with Crippen molar-refractivity contribution in [3.8, 4) is 0 Å². The lowest BCUT2D eigenvalue weighted by atomic mass is 10.1. The molecule has 0 unspecified atom stereocenters. The van der Waals surface area contributed by atoms with E-state index in [1.807, 2.05) is 0 Å². The number of benzene rings is 1. The van der Waals surface area contributed by atoms with Gasteiger partial charge in [0, 0.05) is 16.0 Å². The van der Waals surface area contributed by atoms with Gasteiger partial charge in [-0.05, 0) is 25.0 Å². The number of amides is 2. The third kappa shape index (κ3) is 3.28. The van der Waals surface area contributed by atoms with E-state index in [2.05, 4.69) is 10.9 Å². The molecule has 9 heteroatoms. The van der Waals surface area contributed by atoms with Gasteiger partial charge in [0.05, 0.1) is 10.6 Å². The van der Waals surface area contributed by atoms with Crippen LogP contribution in [0.25, 0.3) is 10.1 Å². The molecule has 1 aliphatic carbocycles. The van der Waals surface area contributed by atoms with Crippen molar-refractivity contribution in [3.05, 3.63) is 33.7 Å². The summed E-state index contributed by atoms with van der Waals surface area (Å²) in [5.41, 5.74) is 3.70. The number of nitrogens with one attached hydrogen (secondary N) is 2. The molecule has 0 radical (unpaired) electrons. The molecule has 4 nitrogen and oxygen atoms in total. The minimum absolute atomic E-state index is 0.0529. The summed E-state index contributed by atoms with van der Waals surface area (Å²) in [6.07, 6.45) is -2.90. The molecular formula is C14H10ClF3N2O2S. The second-order valence-corrected chi connectivity index (χ2v) is 6.60. The molecule has 1 aliphatic rings. The summed E-state index contributed by atoms with van der Waals surface area (Å²) in [5.74, 6) is -1.02. The molecule has 2 amide bonds. The Morgan fingerprint density at radius 1 is 1.22 bits per heavy atom. The lowest BCUT2D eigenvalue weighted by Gasteiger charge is -2.05. The van der Waals surface area contributed by atoms with Gasteiger partial charge < -0.3 is 0 Å². The summed E-state index contributed by atoms with van der Waals surface area (Å²) < 4.78 is 38.4. The van der Waals surface area contributed by atoms with Gasteiger partial charge in [0.15, 0.2) is 0 Å². The van der Waals surface area contributed by atoms with Crippen molar-refractivity contribution in [1.29, 1.82) is 0 Å². The summed E-state index contributed by atoms with van der Waals surface area (Å²) in [5, 5.41) is 0.431. The van der Waals surface area contributed by atoms with Gasteiger partial charge >= 0.3 is 6.18 Å². The summed E-state index contributed by atoms with van der Waals surface area (Å²) in [6.45, 7) is 0. The number of hydrogen-bond donors (Lipinski definition) is 2. The lowest BCUT2D eigenvalue weighted by Crippen LogP contribution is -2.42. The SMILES string of the molecule is O=C(NNC(=O)C1CC1)c1sc2cc(C(F)(F)F)ccc2c1Cl. The molecule has 122 valence electrons. The smallest absolute Gasteiger partial charge is 0.273 e. The van der Waals surface area contributed by atoms with Crippen molar-refractivity contribution in [1.82, 2.24) is 10.9 Å². The first-order valence-electron chi connectivity index (χ1n) is 6.67. The number of hydrogen-bond acceptors (Lipinski definition) is 3. The number of fused-ring (bicyclic) bond motifs is 1. The van der Waals surface area contributed by atoms with Crippen molar-refractivity contribution >= 4 is 44.8 Å². The summed E-state index contributed by atoms with van der Waals surface area (Å²) in [6, 6.07) is 3.10. The Morgan fingerprint density at radius 3 is 2.52 bits per heavy atom. The van der Waals surface area contributed by atoms with Crippen molar-refractivity contribution in [2.75, 3.05) is 0 Å². The highest BCUT2D eigenvalue weighted by Crippen LogP contribution is 2.39. The summed E-state index contributed by atoms with van der Waals surface area (Å²) >= 11 is 6.91. The molecule has 0 spiro atoms. The van der Waals surface area contributed by atoms with Crippen LogP contribution in [0.2, 0.25) is 5.02 Å². The fourth-order valence-corrected chi connectivity index (χ4v) is 3.46. The zero-order valence-corrected chi connectivity index (χ0v) is 13.0. The molecule has 2 aromatic rings. The lowest BCUT2D eigenvalue weighted by molar-refractivity contribution is -0.137. The molecule has 1 fully saturated rings. The maximum Gasteiger partial charge on any atom is 0.416 e. The molecule has 1 aromatic heterocycles. The third-order valence-corrected chi connectivity index (χ3v) is 5.07. The Kier molecular flexibility index (Phi) is 3.97. The van der Waals surface area contributed by atoms with E-state index in [1.165, 1.54) is 6.07 Å². The Labute approximate surface area is 137 Å². The number of alkyl halides is 3. The number of halogens is 4. The number of rotatable bonds is 2. The standard InChI is InChI=1S/C14H10ClF3N2O2S/c15-10-8-4-3-7(14(16,17)18)5-9(8)23-11(10)13(22)20-19-12(21)6-1-2-6/h3-6H,1-2H2,(H,19,21)(H,20,22). The van der Waals surface area contributed by atoms with E-state index in [-0.39, 0.29) is 26.4 Å². The number of thiophene rings is 1. The highest BCUT2D eigenvalue weighted by Gasteiger charge is 2.32. The van der Waals surface area contributed by atoms with Gasteiger partial charge in [-0.15, -0.1) is 11.3 Å². The Balaban J connectivity index is 1.84. The van der Waals surface area contributed by atoms with E-state index in [9.17, 15) is 22.8 Å². The molecule has 1 saturated carbocycles. The summed E-state index contributed by atoms with van der Waals surface area (Å²) in [7, 11) is 0. The van der Waals surface area contributed by atoms with Gasteiger partial charge in [-0.1, -0.05) is 17.7 Å². The average Bonchev–Trinajstić information content (AvgIpc) is 3.28. The van der Waals surface area contributed by atoms with Crippen molar-refractivity contribution in [3.63, 3.8) is 0 Å². The first-order chi connectivity index (χ1) is 10.8. The molecule has 1 aromatic carbocycles. The molecule has 2 N–H and O–H groups in total. The van der Waals surface area contributed by atoms with Gasteiger partial charge in [0.2, 0.25) is 5.91 Å². The van der Waals surface area contributed by atoms with Crippen LogP contribution in [0, 0.1) is 5.92 Å². The monoisotopic (exact) mass is 362 g/mol. The van der Waals surface area contributed by atoms with Gasteiger partial charge in [-0.3, -0.25) is 20.4 Å². The van der Waals surface area contributed by atoms with Crippen LogP contribution in [-0.2, 0) is 11.0 Å². The Hall–Kier alpha value is -1.80. The van der Waals surface area contributed by atoms with E-state index in [1.54, 1.807) is 0 Å². The molecular weight excluding hydrogens is 353 g/mol. The van der Waals surface area contributed by atoms with Crippen LogP contribution in [0.1, 0.15) is 28.1 Å². The fraction of sp³-hybridized carbons (Fsp3) is 0.286. The minimum Gasteiger partial charge on any atom is -0.273 e. The van der Waals surface area contributed by atoms with Crippen LogP contribution in [-0.4, -0.2) is 11.8 Å². The number of carbonyl (C=O) groups is 2. The molecule has 0 bridgehead atoms. The number of hydrazine groups is 1. The van der Waals surface area contributed by atoms with Crippen molar-refractivity contribution < 1.29 is 22.8 Å². The van der Waals surface area contributed by atoms with E-state index in [0.717, 1.165) is 36.3 Å². The molecule has 3 rings (SSSR count). The zero-order chi connectivity index (χ0) is 16.8. The second-order valence-electron chi connectivity index (χ2n) is 5.17. The molecule has 0 aliphatic heterocycles. The normalized spacial score (nSPS) is 14.8. The van der Waals surface area contributed by atoms with Gasteiger partial charge in [0.1, 0.15) is 4.88 Å². The van der Waals surface area contributed by atoms with Crippen molar-refractivity contribution in [2.45, 2.75) is 19.0 Å². The average molecular weight is 363 g/mol. The van der Waals surface area contributed by atoms with Gasteiger partial charge in [-0.2, -0.15) is 13.2 Å². The zero-order valence-electron chi connectivity index (χ0n) is 11.5. The summed E-state index contributed by atoms with van der Waals surface area (Å²) in [4.78, 5) is 23.6. The van der Waals surface area contributed by atoms with Crippen LogP contribution in [0.4, 0.5) is 13.2 Å². The van der Waals surface area contributed by atoms with E-state index in [0.29, 0.717) is 5.39 Å². The largest absolute Gasteiger partial charge is 0.416 e. The predicted octanol–water partition coefficient (Wildman–Crippen LogP) is 3.74. The maximum absolute atomic E-state index is 12.7. The molecule has 23 heavy (non-hydrogen) atoms. The van der Waals surface area contributed by atoms with Gasteiger partial charge in [0.25, 0.3) is 5.91 Å². The molecule has 0 atom stereocenters. The molecule has 1 heterocycles. The van der Waals surface area contributed by atoms with Gasteiger partial charge in [-0.25, -0.2) is 0 Å². The van der Waals surface area contributed by atoms with Crippen LogP contribution >= 0.6 is 22.9 Å². The Morgan fingerprint density at radius 2 is 1.91 bits per heavy atom. The highest BCUT2D eigenvalue weighted by atomic mass is 35.5. The molecule has 0 saturated heterocycles. The van der Waals surface area contributed by atoms with Crippen LogP contribution in [0.5, 0.6) is 0 Å². The Bertz CT molecular complexity index is 799. The fourth-order valence-electron chi connectivity index (χ4n) is 2.01. The quantitative estimate of drug-likeness (QED) is 0.799. The second kappa shape index (κ2) is 5.68. The van der Waals surface area contributed by atoms with Crippen LogP contribution in [0.15, 0.2) is 18.2 Å². The van der Waals surface area contributed by atoms with E-state index >= 15 is 0 Å². The van der Waals surface area contributed by atoms with E-state index in [4.69, 9.17) is 11.6 Å². The third-order valence-electron chi connectivity index (χ3n) is 3.41. The number of carbonyl (C=O) groups excluding carboxylic acids is 2.